The second-order valence-corrected chi connectivity index (χ2v) is 5.86. The van der Waals surface area contributed by atoms with Gasteiger partial charge in [-0.1, -0.05) is 18.2 Å². The number of rotatable bonds is 6. The van der Waals surface area contributed by atoms with E-state index in [0.717, 1.165) is 17.2 Å². The third-order valence-electron chi connectivity index (χ3n) is 3.76. The molecule has 28 heavy (non-hydrogen) atoms. The van der Waals surface area contributed by atoms with Crippen LogP contribution < -0.4 is 15.4 Å². The molecule has 4 rings (SSSR count). The molecule has 0 atom stereocenters. The number of benzene rings is 3. The monoisotopic (exact) mass is 373 g/mol. The Morgan fingerprint density at radius 2 is 1.36 bits per heavy atom. The molecular formula is C21H16FN5O. The first kappa shape index (κ1) is 17.4. The van der Waals surface area contributed by atoms with Crippen LogP contribution in [0.5, 0.6) is 11.5 Å². The van der Waals surface area contributed by atoms with Crippen LogP contribution in [0.15, 0.2) is 85.1 Å². The summed E-state index contributed by atoms with van der Waals surface area (Å²) in [6.45, 7) is 0. The fourth-order valence-electron chi connectivity index (χ4n) is 2.46. The van der Waals surface area contributed by atoms with E-state index in [0.29, 0.717) is 17.5 Å². The number of para-hydroxylation sites is 1. The summed E-state index contributed by atoms with van der Waals surface area (Å²) < 4.78 is 18.8. The Kier molecular flexibility index (Phi) is 5.06. The number of aromatic nitrogens is 3. The van der Waals surface area contributed by atoms with E-state index < -0.39 is 0 Å². The third-order valence-corrected chi connectivity index (χ3v) is 3.76. The Hall–Kier alpha value is -4.00. The van der Waals surface area contributed by atoms with Crippen molar-refractivity contribution in [2.45, 2.75) is 0 Å². The van der Waals surface area contributed by atoms with Gasteiger partial charge in [-0.25, -0.2) is 4.39 Å². The van der Waals surface area contributed by atoms with Crippen LogP contribution in [0.25, 0.3) is 0 Å². The molecule has 2 N–H and O–H groups in total. The lowest BCUT2D eigenvalue weighted by Crippen LogP contribution is -2.02. The number of ether oxygens (including phenoxy) is 1. The second-order valence-electron chi connectivity index (χ2n) is 5.86. The standard InChI is InChI=1S/C21H16FN5O/c22-15-6-8-16(9-7-15)24-20-14-23-27-21(26-20)25-17-10-12-19(13-11-17)28-18-4-2-1-3-5-18/h1-14H,(H2,24,25,26,27). The van der Waals surface area contributed by atoms with E-state index in [-0.39, 0.29) is 5.82 Å². The number of hydrogen-bond acceptors (Lipinski definition) is 6. The van der Waals surface area contributed by atoms with E-state index in [4.69, 9.17) is 4.74 Å². The zero-order chi connectivity index (χ0) is 19.2. The van der Waals surface area contributed by atoms with E-state index in [9.17, 15) is 4.39 Å². The molecular weight excluding hydrogens is 357 g/mol. The summed E-state index contributed by atoms with van der Waals surface area (Å²) in [5.74, 6) is 2.03. The summed E-state index contributed by atoms with van der Waals surface area (Å²) in [4.78, 5) is 4.36. The predicted molar refractivity (Wildman–Crippen MR) is 106 cm³/mol. The largest absolute Gasteiger partial charge is 0.457 e. The zero-order valence-corrected chi connectivity index (χ0v) is 14.7. The molecule has 0 unspecified atom stereocenters. The van der Waals surface area contributed by atoms with Gasteiger partial charge in [-0.05, 0) is 60.7 Å². The van der Waals surface area contributed by atoms with Crippen LogP contribution in [-0.4, -0.2) is 15.2 Å². The number of anilines is 4. The molecule has 3 aromatic carbocycles. The Morgan fingerprint density at radius 3 is 2.11 bits per heavy atom. The first-order valence-electron chi connectivity index (χ1n) is 8.57. The van der Waals surface area contributed by atoms with Crippen LogP contribution >= 0.6 is 0 Å². The minimum Gasteiger partial charge on any atom is -0.457 e. The normalized spacial score (nSPS) is 10.3. The molecule has 0 saturated carbocycles. The Bertz CT molecular complexity index is 1040. The lowest BCUT2D eigenvalue weighted by Gasteiger charge is -2.09. The smallest absolute Gasteiger partial charge is 0.249 e. The van der Waals surface area contributed by atoms with Crippen molar-refractivity contribution in [1.82, 2.24) is 15.2 Å². The molecule has 4 aromatic rings. The predicted octanol–water partition coefficient (Wildman–Crippen LogP) is 5.29. The van der Waals surface area contributed by atoms with Gasteiger partial charge in [0.15, 0.2) is 5.82 Å². The van der Waals surface area contributed by atoms with Crippen LogP contribution in [0.1, 0.15) is 0 Å². The van der Waals surface area contributed by atoms with Crippen LogP contribution in [0.3, 0.4) is 0 Å². The molecule has 1 heterocycles. The minimum atomic E-state index is -0.298. The van der Waals surface area contributed by atoms with Gasteiger partial charge in [0.1, 0.15) is 17.3 Å². The third kappa shape index (κ3) is 4.59. The summed E-state index contributed by atoms with van der Waals surface area (Å²) in [5.41, 5.74) is 1.50. The van der Waals surface area contributed by atoms with Crippen LogP contribution in [0.4, 0.5) is 27.5 Å². The molecule has 0 aliphatic carbocycles. The highest BCUT2D eigenvalue weighted by atomic mass is 19.1. The Balaban J connectivity index is 1.42. The van der Waals surface area contributed by atoms with Gasteiger partial charge in [0.05, 0.1) is 6.20 Å². The average Bonchev–Trinajstić information content (AvgIpc) is 2.72. The Labute approximate surface area is 161 Å². The first-order chi connectivity index (χ1) is 13.7. The molecule has 0 aliphatic rings. The molecule has 0 amide bonds. The van der Waals surface area contributed by atoms with E-state index in [1.807, 2.05) is 54.6 Å². The maximum absolute atomic E-state index is 13.0. The highest BCUT2D eigenvalue weighted by Gasteiger charge is 2.03. The van der Waals surface area contributed by atoms with E-state index >= 15 is 0 Å². The van der Waals surface area contributed by atoms with E-state index in [1.165, 1.54) is 18.3 Å². The summed E-state index contributed by atoms with van der Waals surface area (Å²) in [6, 6.07) is 23.0. The summed E-state index contributed by atoms with van der Waals surface area (Å²) in [6.07, 6.45) is 1.49. The molecule has 0 radical (unpaired) electrons. The SMILES string of the molecule is Fc1ccc(Nc2cnnc(Nc3ccc(Oc4ccccc4)cc3)n2)cc1. The molecule has 1 aromatic heterocycles. The summed E-state index contributed by atoms with van der Waals surface area (Å²) >= 11 is 0. The van der Waals surface area contributed by atoms with Gasteiger partial charge in [-0.2, -0.15) is 10.1 Å². The molecule has 0 spiro atoms. The number of halogens is 1. The Morgan fingerprint density at radius 1 is 0.714 bits per heavy atom. The number of hydrogen-bond donors (Lipinski definition) is 2. The van der Waals surface area contributed by atoms with Crippen LogP contribution in [0, 0.1) is 5.82 Å². The highest BCUT2D eigenvalue weighted by Crippen LogP contribution is 2.24. The average molecular weight is 373 g/mol. The van der Waals surface area contributed by atoms with Gasteiger partial charge >= 0.3 is 0 Å². The van der Waals surface area contributed by atoms with E-state index in [1.54, 1.807) is 12.1 Å². The van der Waals surface area contributed by atoms with Crippen molar-refractivity contribution in [1.29, 1.82) is 0 Å². The van der Waals surface area contributed by atoms with Crippen molar-refractivity contribution in [2.75, 3.05) is 10.6 Å². The fourth-order valence-corrected chi connectivity index (χ4v) is 2.46. The lowest BCUT2D eigenvalue weighted by atomic mass is 10.3. The first-order valence-corrected chi connectivity index (χ1v) is 8.57. The van der Waals surface area contributed by atoms with Crippen molar-refractivity contribution in [3.8, 4) is 11.5 Å². The molecule has 0 fully saturated rings. The molecule has 138 valence electrons. The quantitative estimate of drug-likeness (QED) is 0.478. The van der Waals surface area contributed by atoms with Crippen molar-refractivity contribution in [3.63, 3.8) is 0 Å². The zero-order valence-electron chi connectivity index (χ0n) is 14.7. The van der Waals surface area contributed by atoms with Gasteiger partial charge in [0, 0.05) is 11.4 Å². The molecule has 0 aliphatic heterocycles. The minimum absolute atomic E-state index is 0.298. The molecule has 7 heteroatoms. The van der Waals surface area contributed by atoms with Gasteiger partial charge < -0.3 is 15.4 Å². The molecule has 0 saturated heterocycles. The van der Waals surface area contributed by atoms with Gasteiger partial charge in [-0.3, -0.25) is 0 Å². The lowest BCUT2D eigenvalue weighted by molar-refractivity contribution is 0.483. The molecule has 0 bridgehead atoms. The van der Waals surface area contributed by atoms with Crippen molar-refractivity contribution < 1.29 is 9.13 Å². The topological polar surface area (TPSA) is 72.0 Å². The van der Waals surface area contributed by atoms with E-state index in [2.05, 4.69) is 25.8 Å². The van der Waals surface area contributed by atoms with Gasteiger partial charge in [0.2, 0.25) is 5.95 Å². The van der Waals surface area contributed by atoms with Crippen molar-refractivity contribution >= 4 is 23.1 Å². The fraction of sp³-hybridized carbons (Fsp3) is 0. The summed E-state index contributed by atoms with van der Waals surface area (Å²) in [7, 11) is 0. The number of nitrogens with zero attached hydrogens (tertiary/aromatic N) is 3. The van der Waals surface area contributed by atoms with Crippen molar-refractivity contribution in [3.05, 3.63) is 90.9 Å². The van der Waals surface area contributed by atoms with Crippen LogP contribution in [-0.2, 0) is 0 Å². The summed E-state index contributed by atoms with van der Waals surface area (Å²) in [5, 5.41) is 14.1. The number of nitrogens with one attached hydrogen (secondary N) is 2. The van der Waals surface area contributed by atoms with Crippen LogP contribution in [0.2, 0.25) is 0 Å². The van der Waals surface area contributed by atoms with Gasteiger partial charge in [0.25, 0.3) is 0 Å². The maximum atomic E-state index is 13.0. The molecule has 6 nitrogen and oxygen atoms in total. The van der Waals surface area contributed by atoms with Crippen molar-refractivity contribution in [2.24, 2.45) is 0 Å². The highest BCUT2D eigenvalue weighted by molar-refractivity contribution is 5.59. The second kappa shape index (κ2) is 8.13. The van der Waals surface area contributed by atoms with Gasteiger partial charge in [-0.15, -0.1) is 5.10 Å². The maximum Gasteiger partial charge on any atom is 0.249 e.